The van der Waals surface area contributed by atoms with Crippen LogP contribution in [0.2, 0.25) is 0 Å². The van der Waals surface area contributed by atoms with Crippen LogP contribution in [0.5, 0.6) is 0 Å². The number of hydrogen-bond donors (Lipinski definition) is 3. The fraction of sp³-hybridized carbons (Fsp3) is 0.632. The third kappa shape index (κ3) is 3.59. The molecule has 0 spiro atoms. The van der Waals surface area contributed by atoms with Gasteiger partial charge < -0.3 is 15.7 Å². The molecule has 23 heavy (non-hydrogen) atoms. The molecule has 1 saturated carbocycles. The predicted molar refractivity (Wildman–Crippen MR) is 91.4 cm³/mol. The van der Waals surface area contributed by atoms with Gasteiger partial charge in [0.15, 0.2) is 0 Å². The first-order chi connectivity index (χ1) is 11.1. The van der Waals surface area contributed by atoms with E-state index in [4.69, 9.17) is 0 Å². The monoisotopic (exact) mass is 316 g/mol. The van der Waals surface area contributed by atoms with Gasteiger partial charge in [0.2, 0.25) is 5.91 Å². The lowest BCUT2D eigenvalue weighted by molar-refractivity contribution is -0.123. The second kappa shape index (κ2) is 7.02. The molecule has 0 aromatic heterocycles. The van der Waals surface area contributed by atoms with E-state index < -0.39 is 6.10 Å². The van der Waals surface area contributed by atoms with E-state index >= 15 is 0 Å². The van der Waals surface area contributed by atoms with Crippen LogP contribution >= 0.6 is 0 Å². The number of β-amino-alcohol motifs (C(OH)–C–C–N with tert-alkyl or cyclic N) is 1. The fourth-order valence-corrected chi connectivity index (χ4v) is 4.23. The van der Waals surface area contributed by atoms with Crippen LogP contribution in [0.3, 0.4) is 0 Å². The number of rotatable bonds is 4. The maximum absolute atomic E-state index is 12.4. The summed E-state index contributed by atoms with van der Waals surface area (Å²) in [5.74, 6) is 0.0279. The highest BCUT2D eigenvalue weighted by atomic mass is 16.3. The summed E-state index contributed by atoms with van der Waals surface area (Å²) in [5, 5.41) is 15.9. The molecule has 0 bridgehead atoms. The Morgan fingerprint density at radius 3 is 2.70 bits per heavy atom. The highest BCUT2D eigenvalue weighted by Gasteiger charge is 2.36. The van der Waals surface area contributed by atoms with E-state index in [9.17, 15) is 9.90 Å². The van der Waals surface area contributed by atoms with Gasteiger partial charge in [0.25, 0.3) is 0 Å². The minimum absolute atomic E-state index is 0.0279. The van der Waals surface area contributed by atoms with Gasteiger partial charge in [0, 0.05) is 18.5 Å². The van der Waals surface area contributed by atoms with Crippen LogP contribution in [0.4, 0.5) is 0 Å². The third-order valence-corrected chi connectivity index (χ3v) is 5.55. The van der Waals surface area contributed by atoms with Gasteiger partial charge >= 0.3 is 0 Å². The summed E-state index contributed by atoms with van der Waals surface area (Å²) in [6.07, 6.45) is 6.14. The van der Waals surface area contributed by atoms with Crippen molar-refractivity contribution in [3.05, 3.63) is 35.4 Å². The van der Waals surface area contributed by atoms with E-state index in [-0.39, 0.29) is 17.4 Å². The number of amides is 1. The highest BCUT2D eigenvalue weighted by Crippen LogP contribution is 2.40. The molecule has 2 atom stereocenters. The number of aryl methyl sites for hydroxylation is 1. The summed E-state index contributed by atoms with van der Waals surface area (Å²) in [6.45, 7) is 3.38. The van der Waals surface area contributed by atoms with Crippen molar-refractivity contribution < 1.29 is 9.90 Å². The first kappa shape index (κ1) is 16.5. The summed E-state index contributed by atoms with van der Waals surface area (Å²) in [7, 11) is 0. The van der Waals surface area contributed by atoms with Gasteiger partial charge in [-0.25, -0.2) is 0 Å². The van der Waals surface area contributed by atoms with Gasteiger partial charge in [0.05, 0.1) is 12.1 Å². The molecule has 2 fully saturated rings. The van der Waals surface area contributed by atoms with Crippen molar-refractivity contribution in [3.63, 3.8) is 0 Å². The second-order valence-corrected chi connectivity index (χ2v) is 7.22. The molecule has 1 aromatic carbocycles. The molecule has 1 aromatic rings. The molecule has 1 saturated heterocycles. The number of carbonyl (C=O) groups excluding carboxylic acids is 1. The van der Waals surface area contributed by atoms with Crippen molar-refractivity contribution in [2.75, 3.05) is 13.1 Å². The number of aliphatic hydroxyl groups is 1. The van der Waals surface area contributed by atoms with Crippen LogP contribution in [0.15, 0.2) is 24.3 Å². The Bertz CT molecular complexity index is 552. The summed E-state index contributed by atoms with van der Waals surface area (Å²) in [5.41, 5.74) is 2.77. The van der Waals surface area contributed by atoms with Gasteiger partial charge in [-0.15, -0.1) is 0 Å². The maximum atomic E-state index is 12.4. The van der Waals surface area contributed by atoms with Crippen molar-refractivity contribution in [1.29, 1.82) is 0 Å². The van der Waals surface area contributed by atoms with E-state index in [0.29, 0.717) is 19.5 Å². The average molecular weight is 316 g/mol. The van der Waals surface area contributed by atoms with Crippen LogP contribution in [0, 0.1) is 6.92 Å². The van der Waals surface area contributed by atoms with E-state index in [2.05, 4.69) is 41.8 Å². The topological polar surface area (TPSA) is 61.4 Å². The summed E-state index contributed by atoms with van der Waals surface area (Å²) < 4.78 is 0. The van der Waals surface area contributed by atoms with Gasteiger partial charge in [-0.3, -0.25) is 4.79 Å². The molecule has 4 heteroatoms. The summed E-state index contributed by atoms with van der Waals surface area (Å²) in [4.78, 5) is 12.4. The van der Waals surface area contributed by atoms with E-state index in [0.717, 1.165) is 12.8 Å². The number of hydrogen-bond acceptors (Lipinski definition) is 3. The van der Waals surface area contributed by atoms with Crippen LogP contribution in [0.25, 0.3) is 0 Å². The second-order valence-electron chi connectivity index (χ2n) is 7.22. The van der Waals surface area contributed by atoms with Gasteiger partial charge in [-0.2, -0.15) is 0 Å². The van der Waals surface area contributed by atoms with Crippen molar-refractivity contribution >= 4 is 5.91 Å². The highest BCUT2D eigenvalue weighted by molar-refractivity contribution is 5.82. The molecule has 126 valence electrons. The molecule has 2 aliphatic rings. The molecule has 3 N–H and O–H groups in total. The van der Waals surface area contributed by atoms with Crippen molar-refractivity contribution in [3.8, 4) is 0 Å². The Morgan fingerprint density at radius 2 is 2.04 bits per heavy atom. The quantitative estimate of drug-likeness (QED) is 0.796. The molecule has 1 amide bonds. The zero-order valence-electron chi connectivity index (χ0n) is 14.0. The van der Waals surface area contributed by atoms with Crippen molar-refractivity contribution in [2.24, 2.45) is 0 Å². The fourth-order valence-electron chi connectivity index (χ4n) is 4.23. The Labute approximate surface area is 138 Å². The first-order valence-corrected chi connectivity index (χ1v) is 8.86. The molecule has 0 radical (unpaired) electrons. The van der Waals surface area contributed by atoms with Gasteiger partial charge in [-0.05, 0) is 37.3 Å². The third-order valence-electron chi connectivity index (χ3n) is 5.55. The predicted octanol–water partition coefficient (Wildman–Crippen LogP) is 2.04. The molecule has 1 aliphatic carbocycles. The standard InChI is InChI=1S/C19H28N2O2/c1-14-7-3-4-8-16(14)19(9-5-2-6-10-19)13-21-18(23)17-11-15(22)12-20-17/h3-4,7-8,15,17,20,22H,2,5-6,9-13H2,1H3,(H,21,23). The van der Waals surface area contributed by atoms with Crippen LogP contribution in [0.1, 0.15) is 49.7 Å². The Hall–Kier alpha value is -1.39. The maximum Gasteiger partial charge on any atom is 0.237 e. The number of benzene rings is 1. The normalized spacial score (nSPS) is 26.9. The smallest absolute Gasteiger partial charge is 0.237 e. The van der Waals surface area contributed by atoms with Crippen LogP contribution in [-0.4, -0.2) is 36.2 Å². The van der Waals surface area contributed by atoms with E-state index in [1.807, 2.05) is 0 Å². The molecule has 4 nitrogen and oxygen atoms in total. The number of nitrogens with one attached hydrogen (secondary N) is 2. The molecular formula is C19H28N2O2. The lowest BCUT2D eigenvalue weighted by atomic mass is 9.68. The molecule has 3 rings (SSSR count). The number of carbonyl (C=O) groups is 1. The van der Waals surface area contributed by atoms with Crippen molar-refractivity contribution in [2.45, 2.75) is 63.0 Å². The Balaban J connectivity index is 1.72. The molecular weight excluding hydrogens is 288 g/mol. The molecule has 1 heterocycles. The first-order valence-electron chi connectivity index (χ1n) is 8.86. The van der Waals surface area contributed by atoms with E-state index in [1.165, 1.54) is 30.4 Å². The SMILES string of the molecule is Cc1ccccc1C1(CNC(=O)C2CC(O)CN2)CCCCC1. The minimum atomic E-state index is -0.397. The summed E-state index contributed by atoms with van der Waals surface area (Å²) in [6, 6.07) is 8.34. The average Bonchev–Trinajstić information content (AvgIpc) is 3.00. The van der Waals surface area contributed by atoms with Gasteiger partial charge in [-0.1, -0.05) is 43.5 Å². The van der Waals surface area contributed by atoms with E-state index in [1.54, 1.807) is 0 Å². The van der Waals surface area contributed by atoms with Crippen molar-refractivity contribution in [1.82, 2.24) is 10.6 Å². The Kier molecular flexibility index (Phi) is 5.02. The number of aliphatic hydroxyl groups excluding tert-OH is 1. The largest absolute Gasteiger partial charge is 0.392 e. The lowest BCUT2D eigenvalue weighted by Gasteiger charge is -2.39. The zero-order valence-corrected chi connectivity index (χ0v) is 14.0. The summed E-state index contributed by atoms with van der Waals surface area (Å²) >= 11 is 0. The lowest BCUT2D eigenvalue weighted by Crippen LogP contribution is -2.47. The van der Waals surface area contributed by atoms with Gasteiger partial charge in [0.1, 0.15) is 0 Å². The molecule has 2 unspecified atom stereocenters. The minimum Gasteiger partial charge on any atom is -0.392 e. The van der Waals surface area contributed by atoms with Crippen LogP contribution in [-0.2, 0) is 10.2 Å². The zero-order chi connectivity index (χ0) is 16.3. The Morgan fingerprint density at radius 1 is 1.30 bits per heavy atom. The van der Waals surface area contributed by atoms with Crippen LogP contribution < -0.4 is 10.6 Å². The molecule has 1 aliphatic heterocycles.